The minimum atomic E-state index is -1.01. The first-order valence-corrected chi connectivity index (χ1v) is 4.79. The number of nitrogens with zero attached hydrogens (tertiary/aromatic N) is 2. The van der Waals surface area contributed by atoms with E-state index < -0.39 is 5.97 Å². The average molecular weight is 208 g/mol. The Labute approximate surface area is 87.1 Å². The lowest BCUT2D eigenvalue weighted by Crippen LogP contribution is -2.38. The van der Waals surface area contributed by atoms with Crippen molar-refractivity contribution in [1.29, 1.82) is 0 Å². The third kappa shape index (κ3) is 1.59. The van der Waals surface area contributed by atoms with E-state index in [1.54, 1.807) is 7.11 Å². The highest BCUT2D eigenvalue weighted by Crippen LogP contribution is 2.42. The summed E-state index contributed by atoms with van der Waals surface area (Å²) in [6.07, 6.45) is 5.54. The first-order valence-electron chi connectivity index (χ1n) is 4.79. The van der Waals surface area contributed by atoms with E-state index in [2.05, 4.69) is 9.97 Å². The molecule has 1 saturated carbocycles. The zero-order chi connectivity index (χ0) is 10.9. The van der Waals surface area contributed by atoms with Crippen molar-refractivity contribution in [3.05, 3.63) is 23.8 Å². The average Bonchev–Trinajstić information content (AvgIpc) is 2.18. The number of methoxy groups -OCH3 is 1. The molecule has 0 aromatic carbocycles. The fourth-order valence-corrected chi connectivity index (χ4v) is 1.69. The summed E-state index contributed by atoms with van der Waals surface area (Å²) >= 11 is 0. The number of aromatic carboxylic acids is 1. The van der Waals surface area contributed by atoms with Crippen molar-refractivity contribution in [2.75, 3.05) is 7.11 Å². The molecule has 1 heterocycles. The second kappa shape index (κ2) is 3.58. The van der Waals surface area contributed by atoms with Crippen LogP contribution in [0.1, 0.15) is 35.4 Å². The van der Waals surface area contributed by atoms with Gasteiger partial charge in [0.15, 0.2) is 5.82 Å². The number of hydrogen-bond donors (Lipinski definition) is 1. The minimum Gasteiger partial charge on any atom is -0.478 e. The third-order valence-electron chi connectivity index (χ3n) is 2.86. The summed E-state index contributed by atoms with van der Waals surface area (Å²) in [5, 5.41) is 8.70. The molecular formula is C10H12N2O3. The molecule has 0 saturated heterocycles. The first-order chi connectivity index (χ1) is 7.18. The van der Waals surface area contributed by atoms with Gasteiger partial charge in [-0.1, -0.05) is 0 Å². The highest BCUT2D eigenvalue weighted by Gasteiger charge is 2.41. The topological polar surface area (TPSA) is 72.3 Å². The summed E-state index contributed by atoms with van der Waals surface area (Å²) in [6.45, 7) is 0. The van der Waals surface area contributed by atoms with E-state index in [1.807, 2.05) is 0 Å². The van der Waals surface area contributed by atoms with Crippen LogP contribution in [0.2, 0.25) is 0 Å². The molecule has 1 aromatic heterocycles. The quantitative estimate of drug-likeness (QED) is 0.808. The molecule has 15 heavy (non-hydrogen) atoms. The summed E-state index contributed by atoms with van der Waals surface area (Å²) in [4.78, 5) is 18.7. The summed E-state index contributed by atoms with van der Waals surface area (Å²) in [7, 11) is 1.63. The molecule has 1 fully saturated rings. The molecule has 0 spiro atoms. The van der Waals surface area contributed by atoms with E-state index in [9.17, 15) is 4.79 Å². The lowest BCUT2D eigenvalue weighted by molar-refractivity contribution is -0.0847. The molecule has 5 nitrogen and oxygen atoms in total. The van der Waals surface area contributed by atoms with Crippen molar-refractivity contribution in [2.45, 2.75) is 24.9 Å². The van der Waals surface area contributed by atoms with E-state index in [1.165, 1.54) is 12.4 Å². The largest absolute Gasteiger partial charge is 0.478 e. The zero-order valence-electron chi connectivity index (χ0n) is 8.43. The van der Waals surface area contributed by atoms with E-state index >= 15 is 0 Å². The molecule has 0 aliphatic heterocycles. The number of carboxylic acids is 1. The van der Waals surface area contributed by atoms with Crippen molar-refractivity contribution >= 4 is 5.97 Å². The molecule has 0 bridgehead atoms. The normalized spacial score (nSPS) is 18.2. The van der Waals surface area contributed by atoms with Gasteiger partial charge in [0.1, 0.15) is 5.60 Å². The molecule has 1 aliphatic rings. The van der Waals surface area contributed by atoms with Gasteiger partial charge in [0, 0.05) is 19.5 Å². The van der Waals surface area contributed by atoms with Crippen molar-refractivity contribution < 1.29 is 14.6 Å². The molecule has 1 N–H and O–H groups in total. The molecule has 1 aliphatic carbocycles. The molecule has 80 valence electrons. The Morgan fingerprint density at radius 3 is 2.40 bits per heavy atom. The maximum atomic E-state index is 10.6. The van der Waals surface area contributed by atoms with Crippen LogP contribution in [0.4, 0.5) is 0 Å². The SMILES string of the molecule is COC1(c2ncc(C(=O)O)cn2)CCC1. The number of carboxylic acid groups (broad SMARTS) is 1. The smallest absolute Gasteiger partial charge is 0.338 e. The van der Waals surface area contributed by atoms with Gasteiger partial charge in [0.05, 0.1) is 5.56 Å². The van der Waals surface area contributed by atoms with Gasteiger partial charge in [0.2, 0.25) is 0 Å². The Balaban J connectivity index is 2.26. The predicted molar refractivity (Wildman–Crippen MR) is 51.5 cm³/mol. The Kier molecular flexibility index (Phi) is 2.40. The van der Waals surface area contributed by atoms with Gasteiger partial charge in [-0.15, -0.1) is 0 Å². The maximum absolute atomic E-state index is 10.6. The highest BCUT2D eigenvalue weighted by molar-refractivity contribution is 5.86. The van der Waals surface area contributed by atoms with Crippen LogP contribution in [-0.4, -0.2) is 28.2 Å². The van der Waals surface area contributed by atoms with E-state index in [0.717, 1.165) is 19.3 Å². The van der Waals surface area contributed by atoms with Gasteiger partial charge in [-0.05, 0) is 19.3 Å². The fraction of sp³-hybridized carbons (Fsp3) is 0.500. The summed E-state index contributed by atoms with van der Waals surface area (Å²) in [5.41, 5.74) is -0.277. The van der Waals surface area contributed by atoms with Gasteiger partial charge in [0.25, 0.3) is 0 Å². The molecule has 0 amide bonds. The van der Waals surface area contributed by atoms with Crippen molar-refractivity contribution in [2.24, 2.45) is 0 Å². The molecule has 1 aromatic rings. The second-order valence-corrected chi connectivity index (χ2v) is 3.65. The van der Waals surface area contributed by atoms with E-state index in [4.69, 9.17) is 9.84 Å². The summed E-state index contributed by atoms with van der Waals surface area (Å²) in [6, 6.07) is 0. The van der Waals surface area contributed by atoms with E-state index in [-0.39, 0.29) is 11.2 Å². The molecule has 0 atom stereocenters. The second-order valence-electron chi connectivity index (χ2n) is 3.65. The third-order valence-corrected chi connectivity index (χ3v) is 2.86. The van der Waals surface area contributed by atoms with Crippen LogP contribution < -0.4 is 0 Å². The van der Waals surface area contributed by atoms with Crippen molar-refractivity contribution in [3.63, 3.8) is 0 Å². The molecule has 0 unspecified atom stereocenters. The monoisotopic (exact) mass is 208 g/mol. The fourth-order valence-electron chi connectivity index (χ4n) is 1.69. The van der Waals surface area contributed by atoms with Gasteiger partial charge >= 0.3 is 5.97 Å². The molecular weight excluding hydrogens is 196 g/mol. The predicted octanol–water partition coefficient (Wildman–Crippen LogP) is 1.20. The van der Waals surface area contributed by atoms with Crippen molar-refractivity contribution in [3.8, 4) is 0 Å². The number of aromatic nitrogens is 2. The summed E-state index contributed by atoms with van der Waals surface area (Å²) < 4.78 is 5.39. The van der Waals surface area contributed by atoms with Crippen LogP contribution >= 0.6 is 0 Å². The van der Waals surface area contributed by atoms with Crippen LogP contribution in [0, 0.1) is 0 Å². The van der Waals surface area contributed by atoms with Crippen LogP contribution in [0.15, 0.2) is 12.4 Å². The molecule has 2 rings (SSSR count). The van der Waals surface area contributed by atoms with Crippen LogP contribution in [-0.2, 0) is 10.3 Å². The Bertz CT molecular complexity index is 365. The number of rotatable bonds is 3. The number of ether oxygens (including phenoxy) is 1. The van der Waals surface area contributed by atoms with E-state index in [0.29, 0.717) is 5.82 Å². The minimum absolute atomic E-state index is 0.101. The maximum Gasteiger partial charge on any atom is 0.338 e. The first kappa shape index (κ1) is 10.0. The number of carbonyl (C=O) groups is 1. The Morgan fingerprint density at radius 2 is 2.07 bits per heavy atom. The summed E-state index contributed by atoms with van der Waals surface area (Å²) in [5.74, 6) is -0.428. The Hall–Kier alpha value is -1.49. The van der Waals surface area contributed by atoms with Crippen LogP contribution in [0.5, 0.6) is 0 Å². The zero-order valence-corrected chi connectivity index (χ0v) is 8.43. The standard InChI is InChI=1S/C10H12N2O3/c1-15-10(3-2-4-10)9-11-5-7(6-12-9)8(13)14/h5-6H,2-4H2,1H3,(H,13,14). The van der Waals surface area contributed by atoms with Gasteiger partial charge < -0.3 is 9.84 Å². The molecule has 0 radical (unpaired) electrons. The van der Waals surface area contributed by atoms with Gasteiger partial charge in [-0.3, -0.25) is 0 Å². The van der Waals surface area contributed by atoms with Crippen LogP contribution in [0.3, 0.4) is 0 Å². The van der Waals surface area contributed by atoms with Gasteiger partial charge in [-0.2, -0.15) is 0 Å². The number of hydrogen-bond acceptors (Lipinski definition) is 4. The lowest BCUT2D eigenvalue weighted by atomic mass is 9.79. The van der Waals surface area contributed by atoms with Gasteiger partial charge in [-0.25, -0.2) is 14.8 Å². The van der Waals surface area contributed by atoms with Crippen LogP contribution in [0.25, 0.3) is 0 Å². The Morgan fingerprint density at radius 1 is 1.47 bits per heavy atom. The lowest BCUT2D eigenvalue weighted by Gasteiger charge is -2.38. The highest BCUT2D eigenvalue weighted by atomic mass is 16.5. The van der Waals surface area contributed by atoms with Crippen molar-refractivity contribution in [1.82, 2.24) is 9.97 Å². The molecule has 5 heteroatoms.